The highest BCUT2D eigenvalue weighted by molar-refractivity contribution is 9.10. The van der Waals surface area contributed by atoms with Gasteiger partial charge in [0.15, 0.2) is 0 Å². The summed E-state index contributed by atoms with van der Waals surface area (Å²) < 4.78 is 5.75. The number of benzene rings is 1. The standard InChI is InChI=1S/C13H18BrNO2/c1-3-15(9-8-13(16)17-2)10-11-6-4-5-7-12(11)14/h4-7H,3,8-10H2,1-2H3. The Morgan fingerprint density at radius 3 is 2.71 bits per heavy atom. The van der Waals surface area contributed by atoms with Crippen molar-refractivity contribution < 1.29 is 9.53 Å². The maximum Gasteiger partial charge on any atom is 0.306 e. The lowest BCUT2D eigenvalue weighted by molar-refractivity contribution is -0.141. The molecule has 1 aromatic rings. The van der Waals surface area contributed by atoms with Crippen molar-refractivity contribution in [3.8, 4) is 0 Å². The molecular weight excluding hydrogens is 282 g/mol. The molecule has 0 saturated carbocycles. The van der Waals surface area contributed by atoms with E-state index < -0.39 is 0 Å². The van der Waals surface area contributed by atoms with Gasteiger partial charge < -0.3 is 4.74 Å². The summed E-state index contributed by atoms with van der Waals surface area (Å²) in [5.41, 5.74) is 1.24. The topological polar surface area (TPSA) is 29.5 Å². The highest BCUT2D eigenvalue weighted by Crippen LogP contribution is 2.17. The van der Waals surface area contributed by atoms with Crippen LogP contribution in [-0.4, -0.2) is 31.1 Å². The lowest BCUT2D eigenvalue weighted by Gasteiger charge is -2.20. The predicted octanol–water partition coefficient (Wildman–Crippen LogP) is 2.83. The smallest absolute Gasteiger partial charge is 0.306 e. The lowest BCUT2D eigenvalue weighted by atomic mass is 10.2. The minimum atomic E-state index is -0.157. The van der Waals surface area contributed by atoms with Crippen molar-refractivity contribution in [1.82, 2.24) is 4.90 Å². The fourth-order valence-corrected chi connectivity index (χ4v) is 1.98. The van der Waals surface area contributed by atoms with Gasteiger partial charge in [0.2, 0.25) is 0 Å². The Morgan fingerprint density at radius 2 is 2.12 bits per heavy atom. The van der Waals surface area contributed by atoms with E-state index in [0.717, 1.165) is 24.1 Å². The molecule has 0 radical (unpaired) electrons. The van der Waals surface area contributed by atoms with E-state index in [4.69, 9.17) is 0 Å². The number of ether oxygens (including phenoxy) is 1. The van der Waals surface area contributed by atoms with E-state index in [1.54, 1.807) is 0 Å². The van der Waals surface area contributed by atoms with E-state index in [0.29, 0.717) is 6.42 Å². The molecule has 0 unspecified atom stereocenters. The van der Waals surface area contributed by atoms with Crippen LogP contribution in [0.25, 0.3) is 0 Å². The van der Waals surface area contributed by atoms with Crippen LogP contribution in [-0.2, 0) is 16.1 Å². The Balaban J connectivity index is 2.52. The molecule has 3 nitrogen and oxygen atoms in total. The third-order valence-corrected chi connectivity index (χ3v) is 3.43. The number of rotatable bonds is 6. The van der Waals surface area contributed by atoms with Crippen LogP contribution < -0.4 is 0 Å². The SMILES string of the molecule is CCN(CCC(=O)OC)Cc1ccccc1Br. The van der Waals surface area contributed by atoms with Crippen molar-refractivity contribution in [1.29, 1.82) is 0 Å². The average molecular weight is 300 g/mol. The fraction of sp³-hybridized carbons (Fsp3) is 0.462. The van der Waals surface area contributed by atoms with Gasteiger partial charge in [-0.1, -0.05) is 41.1 Å². The molecular formula is C13H18BrNO2. The molecule has 0 amide bonds. The largest absolute Gasteiger partial charge is 0.469 e. The van der Waals surface area contributed by atoms with E-state index in [2.05, 4.69) is 38.6 Å². The maximum atomic E-state index is 11.1. The minimum absolute atomic E-state index is 0.157. The average Bonchev–Trinajstić information content (AvgIpc) is 2.36. The molecule has 0 N–H and O–H groups in total. The summed E-state index contributed by atoms with van der Waals surface area (Å²) in [6, 6.07) is 8.14. The number of nitrogens with zero attached hydrogens (tertiary/aromatic N) is 1. The number of halogens is 1. The number of carbonyl (C=O) groups excluding carboxylic acids is 1. The lowest BCUT2D eigenvalue weighted by Crippen LogP contribution is -2.26. The highest BCUT2D eigenvalue weighted by atomic mass is 79.9. The minimum Gasteiger partial charge on any atom is -0.469 e. The Bertz CT molecular complexity index is 368. The van der Waals surface area contributed by atoms with Crippen LogP contribution >= 0.6 is 15.9 Å². The van der Waals surface area contributed by atoms with Crippen molar-refractivity contribution in [3.05, 3.63) is 34.3 Å². The summed E-state index contributed by atoms with van der Waals surface area (Å²) in [6.45, 7) is 4.58. The summed E-state index contributed by atoms with van der Waals surface area (Å²) in [4.78, 5) is 13.3. The van der Waals surface area contributed by atoms with Crippen LogP contribution in [0.5, 0.6) is 0 Å². The van der Waals surface area contributed by atoms with E-state index in [1.165, 1.54) is 12.7 Å². The van der Waals surface area contributed by atoms with E-state index in [9.17, 15) is 4.79 Å². The molecule has 0 bridgehead atoms. The van der Waals surface area contributed by atoms with Crippen molar-refractivity contribution in [3.63, 3.8) is 0 Å². The first-order chi connectivity index (χ1) is 8.17. The first-order valence-corrected chi connectivity index (χ1v) is 6.49. The number of methoxy groups -OCH3 is 1. The second-order valence-electron chi connectivity index (χ2n) is 3.79. The second kappa shape index (κ2) is 7.45. The van der Waals surface area contributed by atoms with Crippen LogP contribution in [0.2, 0.25) is 0 Å². The molecule has 17 heavy (non-hydrogen) atoms. The first-order valence-electron chi connectivity index (χ1n) is 5.70. The molecule has 0 spiro atoms. The Kier molecular flexibility index (Phi) is 6.22. The molecule has 0 fully saturated rings. The Morgan fingerprint density at radius 1 is 1.41 bits per heavy atom. The van der Waals surface area contributed by atoms with Crippen LogP contribution in [0.15, 0.2) is 28.7 Å². The van der Waals surface area contributed by atoms with Crippen molar-refractivity contribution >= 4 is 21.9 Å². The number of carbonyl (C=O) groups is 1. The molecule has 1 rings (SSSR count). The summed E-state index contributed by atoms with van der Waals surface area (Å²) in [5.74, 6) is -0.157. The van der Waals surface area contributed by atoms with Gasteiger partial charge in [-0.05, 0) is 18.2 Å². The van der Waals surface area contributed by atoms with Gasteiger partial charge in [-0.2, -0.15) is 0 Å². The quantitative estimate of drug-likeness (QED) is 0.757. The van der Waals surface area contributed by atoms with E-state index in [1.807, 2.05) is 18.2 Å². The summed E-state index contributed by atoms with van der Waals surface area (Å²) in [5, 5.41) is 0. The van der Waals surface area contributed by atoms with Crippen LogP contribution in [0.3, 0.4) is 0 Å². The van der Waals surface area contributed by atoms with Gasteiger partial charge >= 0.3 is 5.97 Å². The fourth-order valence-electron chi connectivity index (χ4n) is 1.57. The summed E-state index contributed by atoms with van der Waals surface area (Å²) in [6.07, 6.45) is 0.439. The molecule has 1 aromatic carbocycles. The normalized spacial score (nSPS) is 10.6. The predicted molar refractivity (Wildman–Crippen MR) is 71.7 cm³/mol. The van der Waals surface area contributed by atoms with Gasteiger partial charge in [-0.3, -0.25) is 9.69 Å². The summed E-state index contributed by atoms with van der Waals surface area (Å²) >= 11 is 3.53. The van der Waals surface area contributed by atoms with Gasteiger partial charge in [0.1, 0.15) is 0 Å². The van der Waals surface area contributed by atoms with Gasteiger partial charge in [0.05, 0.1) is 13.5 Å². The molecule has 0 aliphatic carbocycles. The molecule has 0 heterocycles. The zero-order valence-electron chi connectivity index (χ0n) is 10.3. The maximum absolute atomic E-state index is 11.1. The highest BCUT2D eigenvalue weighted by Gasteiger charge is 2.08. The van der Waals surface area contributed by atoms with Gasteiger partial charge in [-0.15, -0.1) is 0 Å². The van der Waals surface area contributed by atoms with Gasteiger partial charge in [-0.25, -0.2) is 0 Å². The van der Waals surface area contributed by atoms with Crippen LogP contribution in [0, 0.1) is 0 Å². The zero-order chi connectivity index (χ0) is 12.7. The molecule has 0 atom stereocenters. The third-order valence-electron chi connectivity index (χ3n) is 2.66. The third kappa shape index (κ3) is 4.88. The number of hydrogen-bond donors (Lipinski definition) is 0. The molecule has 4 heteroatoms. The number of hydrogen-bond acceptors (Lipinski definition) is 3. The molecule has 0 aromatic heterocycles. The molecule has 0 aliphatic heterocycles. The van der Waals surface area contributed by atoms with E-state index >= 15 is 0 Å². The second-order valence-corrected chi connectivity index (χ2v) is 4.64. The van der Waals surface area contributed by atoms with E-state index in [-0.39, 0.29) is 5.97 Å². The van der Waals surface area contributed by atoms with Crippen molar-refractivity contribution in [2.75, 3.05) is 20.2 Å². The van der Waals surface area contributed by atoms with Crippen molar-refractivity contribution in [2.45, 2.75) is 19.9 Å². The first kappa shape index (κ1) is 14.2. The summed E-state index contributed by atoms with van der Waals surface area (Å²) in [7, 11) is 1.42. The Hall–Kier alpha value is -0.870. The van der Waals surface area contributed by atoms with Crippen LogP contribution in [0.4, 0.5) is 0 Å². The molecule has 0 saturated heterocycles. The van der Waals surface area contributed by atoms with Crippen molar-refractivity contribution in [2.24, 2.45) is 0 Å². The van der Waals surface area contributed by atoms with Gasteiger partial charge in [0, 0.05) is 17.6 Å². The molecule has 0 aliphatic rings. The van der Waals surface area contributed by atoms with Crippen LogP contribution in [0.1, 0.15) is 18.9 Å². The monoisotopic (exact) mass is 299 g/mol. The van der Waals surface area contributed by atoms with Gasteiger partial charge in [0.25, 0.3) is 0 Å². The molecule has 94 valence electrons. The zero-order valence-corrected chi connectivity index (χ0v) is 11.9. The Labute approximate surface area is 111 Å². The number of esters is 1.